The summed E-state index contributed by atoms with van der Waals surface area (Å²) in [5.41, 5.74) is 0.921. The number of hydrogen-bond donors (Lipinski definition) is 1. The molecular formula is C9H10ClFO. The summed E-state index contributed by atoms with van der Waals surface area (Å²) >= 11 is 5.66. The summed E-state index contributed by atoms with van der Waals surface area (Å²) in [4.78, 5) is 0. The Morgan fingerprint density at radius 1 is 1.50 bits per heavy atom. The normalized spacial score (nSPS) is 13.1. The van der Waals surface area contributed by atoms with Crippen molar-refractivity contribution >= 4 is 11.6 Å². The number of aryl methyl sites for hydroxylation is 1. The smallest absolute Gasteiger partial charge is 0.145 e. The number of halogens is 2. The minimum atomic E-state index is -0.729. The van der Waals surface area contributed by atoms with Gasteiger partial charge in [-0.1, -0.05) is 23.7 Å². The van der Waals surface area contributed by atoms with Gasteiger partial charge >= 0.3 is 0 Å². The predicted molar refractivity (Wildman–Crippen MR) is 46.8 cm³/mol. The molecule has 1 aromatic carbocycles. The quantitative estimate of drug-likeness (QED) is 0.719. The molecular weight excluding hydrogens is 179 g/mol. The van der Waals surface area contributed by atoms with E-state index < -0.39 is 11.9 Å². The first-order valence-corrected chi connectivity index (χ1v) is 4.04. The van der Waals surface area contributed by atoms with Crippen molar-refractivity contribution in [2.24, 2.45) is 0 Å². The number of aliphatic hydroxyl groups is 1. The molecule has 66 valence electrons. The minimum absolute atomic E-state index is 0.0185. The molecule has 0 aliphatic rings. The van der Waals surface area contributed by atoms with Crippen LogP contribution in [0.3, 0.4) is 0 Å². The third-order valence-corrected chi connectivity index (χ3v) is 2.14. The highest BCUT2D eigenvalue weighted by atomic mass is 35.5. The fourth-order valence-electron chi connectivity index (χ4n) is 0.984. The number of aliphatic hydroxyl groups excluding tert-OH is 1. The molecule has 0 aliphatic carbocycles. The van der Waals surface area contributed by atoms with Crippen LogP contribution in [0.25, 0.3) is 0 Å². The summed E-state index contributed by atoms with van der Waals surface area (Å²) in [5.74, 6) is -0.449. The van der Waals surface area contributed by atoms with E-state index in [0.717, 1.165) is 0 Å². The first kappa shape index (κ1) is 9.49. The maximum Gasteiger partial charge on any atom is 0.145 e. The van der Waals surface area contributed by atoms with Crippen LogP contribution in [-0.2, 0) is 0 Å². The number of hydrogen-bond acceptors (Lipinski definition) is 1. The van der Waals surface area contributed by atoms with E-state index in [0.29, 0.717) is 11.1 Å². The molecule has 0 heterocycles. The van der Waals surface area contributed by atoms with Crippen molar-refractivity contribution < 1.29 is 9.50 Å². The fraction of sp³-hybridized carbons (Fsp3) is 0.333. The van der Waals surface area contributed by atoms with Gasteiger partial charge in [0.05, 0.1) is 11.1 Å². The van der Waals surface area contributed by atoms with Crippen LogP contribution in [0.4, 0.5) is 4.39 Å². The van der Waals surface area contributed by atoms with E-state index >= 15 is 0 Å². The molecule has 0 aliphatic heterocycles. The summed E-state index contributed by atoms with van der Waals surface area (Å²) in [6.45, 7) is 3.18. The molecule has 0 aromatic heterocycles. The highest BCUT2D eigenvalue weighted by molar-refractivity contribution is 6.31. The Morgan fingerprint density at radius 3 is 2.58 bits per heavy atom. The first-order valence-electron chi connectivity index (χ1n) is 3.66. The predicted octanol–water partition coefficient (Wildman–Crippen LogP) is 2.84. The van der Waals surface area contributed by atoms with Crippen molar-refractivity contribution in [1.82, 2.24) is 0 Å². The summed E-state index contributed by atoms with van der Waals surface area (Å²) in [5, 5.41) is 9.19. The van der Waals surface area contributed by atoms with Gasteiger partial charge < -0.3 is 5.11 Å². The fourth-order valence-corrected chi connectivity index (χ4v) is 1.35. The van der Waals surface area contributed by atoms with Gasteiger partial charge in [-0.15, -0.1) is 0 Å². The van der Waals surface area contributed by atoms with Gasteiger partial charge in [0.2, 0.25) is 0 Å². The Hall–Kier alpha value is -0.600. The van der Waals surface area contributed by atoms with Gasteiger partial charge in [0.15, 0.2) is 0 Å². The maximum absolute atomic E-state index is 13.1. The van der Waals surface area contributed by atoms with Crippen LogP contribution in [0.5, 0.6) is 0 Å². The van der Waals surface area contributed by atoms with E-state index in [1.165, 1.54) is 0 Å². The molecule has 3 heteroatoms. The van der Waals surface area contributed by atoms with Gasteiger partial charge in [-0.05, 0) is 19.4 Å². The van der Waals surface area contributed by atoms with Crippen LogP contribution in [0, 0.1) is 12.7 Å². The zero-order valence-electron chi connectivity index (χ0n) is 6.94. The molecule has 0 fully saturated rings. The van der Waals surface area contributed by atoms with E-state index in [1.807, 2.05) is 0 Å². The molecule has 1 aromatic rings. The molecule has 0 bridgehead atoms. The average Bonchev–Trinajstić information content (AvgIpc) is 2.00. The van der Waals surface area contributed by atoms with E-state index in [2.05, 4.69) is 0 Å². The number of rotatable bonds is 1. The molecule has 1 rings (SSSR count). The van der Waals surface area contributed by atoms with Gasteiger partial charge in [-0.25, -0.2) is 4.39 Å². The third kappa shape index (κ3) is 1.59. The van der Waals surface area contributed by atoms with Crippen molar-refractivity contribution in [2.45, 2.75) is 20.0 Å². The van der Waals surface area contributed by atoms with E-state index in [-0.39, 0.29) is 5.02 Å². The molecule has 1 atom stereocenters. The van der Waals surface area contributed by atoms with Crippen molar-refractivity contribution in [3.8, 4) is 0 Å². The van der Waals surface area contributed by atoms with Crippen LogP contribution in [0.15, 0.2) is 12.1 Å². The molecule has 0 saturated carbocycles. The lowest BCUT2D eigenvalue weighted by Gasteiger charge is -2.08. The Labute approximate surface area is 75.8 Å². The summed E-state index contributed by atoms with van der Waals surface area (Å²) in [7, 11) is 0. The zero-order valence-corrected chi connectivity index (χ0v) is 7.69. The van der Waals surface area contributed by atoms with Gasteiger partial charge in [0.25, 0.3) is 0 Å². The van der Waals surface area contributed by atoms with Crippen LogP contribution in [0.2, 0.25) is 5.02 Å². The standard InChI is InChI=1S/C9H10ClFO/c1-5-3-4-7(6(2)12)8(10)9(5)11/h3-4,6,12H,1-2H3. The van der Waals surface area contributed by atoms with Gasteiger partial charge in [-0.2, -0.15) is 0 Å². The molecule has 1 N–H and O–H groups in total. The number of benzene rings is 1. The lowest BCUT2D eigenvalue weighted by molar-refractivity contribution is 0.199. The van der Waals surface area contributed by atoms with Crippen molar-refractivity contribution in [3.05, 3.63) is 34.1 Å². The maximum atomic E-state index is 13.1. The van der Waals surface area contributed by atoms with E-state index in [9.17, 15) is 4.39 Å². The van der Waals surface area contributed by atoms with Crippen LogP contribution in [0.1, 0.15) is 24.2 Å². The molecule has 0 saturated heterocycles. The van der Waals surface area contributed by atoms with Gasteiger partial charge in [0.1, 0.15) is 5.82 Å². The molecule has 0 radical (unpaired) electrons. The topological polar surface area (TPSA) is 20.2 Å². The Kier molecular flexibility index (Phi) is 2.70. The van der Waals surface area contributed by atoms with E-state index in [4.69, 9.17) is 16.7 Å². The van der Waals surface area contributed by atoms with Crippen LogP contribution >= 0.6 is 11.6 Å². The highest BCUT2D eigenvalue weighted by Crippen LogP contribution is 2.27. The minimum Gasteiger partial charge on any atom is -0.389 e. The van der Waals surface area contributed by atoms with Gasteiger partial charge in [0, 0.05) is 5.56 Å². The van der Waals surface area contributed by atoms with Crippen molar-refractivity contribution in [1.29, 1.82) is 0 Å². The summed E-state index contributed by atoms with van der Waals surface area (Å²) in [6.07, 6.45) is -0.729. The highest BCUT2D eigenvalue weighted by Gasteiger charge is 2.11. The SMILES string of the molecule is Cc1ccc(C(C)O)c(Cl)c1F. The third-order valence-electron chi connectivity index (χ3n) is 1.76. The molecule has 12 heavy (non-hydrogen) atoms. The van der Waals surface area contributed by atoms with Crippen molar-refractivity contribution in [3.63, 3.8) is 0 Å². The molecule has 1 unspecified atom stereocenters. The Balaban J connectivity index is 3.27. The Morgan fingerprint density at radius 2 is 2.08 bits per heavy atom. The first-order chi connectivity index (χ1) is 5.54. The monoisotopic (exact) mass is 188 g/mol. The summed E-state index contributed by atoms with van der Waals surface area (Å²) in [6, 6.07) is 3.23. The largest absolute Gasteiger partial charge is 0.389 e. The zero-order chi connectivity index (χ0) is 9.30. The van der Waals surface area contributed by atoms with Gasteiger partial charge in [-0.3, -0.25) is 0 Å². The Bertz CT molecular complexity index is 297. The second-order valence-electron chi connectivity index (χ2n) is 2.78. The second kappa shape index (κ2) is 3.42. The van der Waals surface area contributed by atoms with Crippen LogP contribution in [-0.4, -0.2) is 5.11 Å². The van der Waals surface area contributed by atoms with Crippen LogP contribution < -0.4 is 0 Å². The molecule has 1 nitrogen and oxygen atoms in total. The lowest BCUT2D eigenvalue weighted by atomic mass is 10.1. The lowest BCUT2D eigenvalue weighted by Crippen LogP contribution is -1.95. The van der Waals surface area contributed by atoms with Crippen molar-refractivity contribution in [2.75, 3.05) is 0 Å². The summed E-state index contributed by atoms with van der Waals surface area (Å²) < 4.78 is 13.1. The molecule has 0 amide bonds. The van der Waals surface area contributed by atoms with E-state index in [1.54, 1.807) is 26.0 Å². The average molecular weight is 189 g/mol. The molecule has 0 spiro atoms. The second-order valence-corrected chi connectivity index (χ2v) is 3.15.